The summed E-state index contributed by atoms with van der Waals surface area (Å²) < 4.78 is 21.8. The van der Waals surface area contributed by atoms with Crippen molar-refractivity contribution in [2.75, 3.05) is 34.1 Å². The van der Waals surface area contributed by atoms with Gasteiger partial charge in [-0.1, -0.05) is 29.8 Å². The molecule has 0 bridgehead atoms. The molecule has 0 radical (unpaired) electrons. The van der Waals surface area contributed by atoms with Crippen LogP contribution < -0.4 is 24.3 Å². The lowest BCUT2D eigenvalue weighted by Gasteiger charge is -2.21. The van der Waals surface area contributed by atoms with Crippen LogP contribution in [0.4, 0.5) is 0 Å². The number of nitrogens with one attached hydrogen (secondary N) is 1. The Morgan fingerprint density at radius 3 is 2.62 bits per heavy atom. The average molecular weight is 523 g/mol. The number of hydrogen-bond acceptors (Lipinski definition) is 6. The van der Waals surface area contributed by atoms with Crippen LogP contribution >= 0.6 is 11.6 Å². The Balaban J connectivity index is 1.39. The molecule has 2 heterocycles. The molecule has 1 fully saturated rings. The molecule has 1 N–H and O–H groups in total. The maximum Gasteiger partial charge on any atom is 0.253 e. The Hall–Kier alpha value is -3.91. The van der Waals surface area contributed by atoms with E-state index in [-0.39, 0.29) is 31.1 Å². The van der Waals surface area contributed by atoms with Crippen molar-refractivity contribution in [1.82, 2.24) is 10.2 Å². The van der Waals surface area contributed by atoms with E-state index in [1.165, 1.54) is 0 Å². The second-order valence-electron chi connectivity index (χ2n) is 8.95. The maximum absolute atomic E-state index is 13.5. The van der Waals surface area contributed by atoms with Gasteiger partial charge in [0.2, 0.25) is 12.7 Å². The minimum Gasteiger partial charge on any atom is -0.497 e. The second-order valence-corrected chi connectivity index (χ2v) is 9.38. The van der Waals surface area contributed by atoms with Crippen LogP contribution in [0.15, 0.2) is 60.7 Å². The normalized spacial score (nSPS) is 18.0. The van der Waals surface area contributed by atoms with E-state index in [4.69, 9.17) is 30.5 Å². The quantitative estimate of drug-likeness (QED) is 0.499. The summed E-state index contributed by atoms with van der Waals surface area (Å²) in [5.41, 5.74) is 2.21. The molecule has 5 rings (SSSR count). The third-order valence-corrected chi connectivity index (χ3v) is 6.99. The van der Waals surface area contributed by atoms with E-state index in [0.717, 1.165) is 11.1 Å². The van der Waals surface area contributed by atoms with Gasteiger partial charge in [0.05, 0.1) is 20.1 Å². The van der Waals surface area contributed by atoms with Crippen LogP contribution in [0.2, 0.25) is 5.02 Å². The lowest BCUT2D eigenvalue weighted by molar-refractivity contribution is -0.125. The first-order valence-corrected chi connectivity index (χ1v) is 12.3. The van der Waals surface area contributed by atoms with Crippen molar-refractivity contribution in [2.45, 2.75) is 12.5 Å². The van der Waals surface area contributed by atoms with Crippen LogP contribution in [-0.4, -0.2) is 50.8 Å². The predicted molar refractivity (Wildman–Crippen MR) is 138 cm³/mol. The maximum atomic E-state index is 13.5. The Kier molecular flexibility index (Phi) is 7.10. The van der Waals surface area contributed by atoms with Crippen LogP contribution in [0, 0.1) is 5.92 Å². The summed E-state index contributed by atoms with van der Waals surface area (Å²) in [5, 5.41) is 3.52. The van der Waals surface area contributed by atoms with E-state index in [1.807, 2.05) is 30.3 Å². The second kappa shape index (κ2) is 10.6. The van der Waals surface area contributed by atoms with Gasteiger partial charge in [0.25, 0.3) is 5.91 Å². The number of nitrogens with zero attached hydrogens (tertiary/aromatic N) is 1. The van der Waals surface area contributed by atoms with Gasteiger partial charge in [0, 0.05) is 47.8 Å². The number of rotatable bonds is 7. The van der Waals surface area contributed by atoms with E-state index in [1.54, 1.807) is 49.5 Å². The molecule has 3 aromatic carbocycles. The molecule has 2 atom stereocenters. The Morgan fingerprint density at radius 2 is 1.84 bits per heavy atom. The van der Waals surface area contributed by atoms with Crippen LogP contribution in [0.3, 0.4) is 0 Å². The van der Waals surface area contributed by atoms with Crippen molar-refractivity contribution in [3.8, 4) is 23.0 Å². The van der Waals surface area contributed by atoms with Crippen molar-refractivity contribution in [1.29, 1.82) is 0 Å². The van der Waals surface area contributed by atoms with Gasteiger partial charge in [0.1, 0.15) is 11.5 Å². The van der Waals surface area contributed by atoms with Gasteiger partial charge in [-0.15, -0.1) is 0 Å². The molecule has 0 aromatic heterocycles. The first kappa shape index (κ1) is 24.8. The summed E-state index contributed by atoms with van der Waals surface area (Å²) in [4.78, 5) is 28.6. The van der Waals surface area contributed by atoms with Gasteiger partial charge < -0.3 is 29.2 Å². The third kappa shape index (κ3) is 5.15. The van der Waals surface area contributed by atoms with Crippen LogP contribution in [0.25, 0.3) is 0 Å². The number of amides is 2. The lowest BCUT2D eigenvalue weighted by atomic mass is 9.87. The molecule has 0 saturated carbocycles. The number of carbonyl (C=O) groups excluding carboxylic acids is 2. The fourth-order valence-corrected chi connectivity index (χ4v) is 5.04. The molecule has 2 aliphatic rings. The fraction of sp³-hybridized carbons (Fsp3) is 0.286. The van der Waals surface area contributed by atoms with Crippen LogP contribution in [-0.2, 0) is 11.3 Å². The molecule has 0 spiro atoms. The summed E-state index contributed by atoms with van der Waals surface area (Å²) in [6, 6.07) is 17.9. The largest absolute Gasteiger partial charge is 0.497 e. The molecular formula is C28H27ClN2O6. The van der Waals surface area contributed by atoms with Gasteiger partial charge in [-0.05, 0) is 42.0 Å². The molecule has 1 saturated heterocycles. The van der Waals surface area contributed by atoms with Crippen molar-refractivity contribution in [3.05, 3.63) is 82.4 Å². The topological polar surface area (TPSA) is 86.3 Å². The van der Waals surface area contributed by atoms with Crippen LogP contribution in [0.5, 0.6) is 23.0 Å². The van der Waals surface area contributed by atoms with Crippen molar-refractivity contribution in [2.24, 2.45) is 5.92 Å². The van der Waals surface area contributed by atoms with E-state index in [2.05, 4.69) is 5.32 Å². The van der Waals surface area contributed by atoms with Gasteiger partial charge in [-0.25, -0.2) is 0 Å². The third-order valence-electron chi connectivity index (χ3n) is 6.76. The molecule has 2 aliphatic heterocycles. The minimum absolute atomic E-state index is 0.151. The number of benzene rings is 3. The first-order chi connectivity index (χ1) is 18.0. The summed E-state index contributed by atoms with van der Waals surface area (Å²) in [6.07, 6.45) is 0. The summed E-state index contributed by atoms with van der Waals surface area (Å²) in [7, 11) is 3.17. The first-order valence-electron chi connectivity index (χ1n) is 11.9. The Labute approximate surface area is 220 Å². The number of halogens is 1. The summed E-state index contributed by atoms with van der Waals surface area (Å²) >= 11 is 6.12. The fourth-order valence-electron chi connectivity index (χ4n) is 4.85. The van der Waals surface area contributed by atoms with E-state index >= 15 is 0 Å². The molecule has 192 valence electrons. The molecule has 2 amide bonds. The SMILES string of the molecule is COc1ccc([C@H]2CN(C(=O)c3cccc(Cl)c3)C[C@H]2C(=O)NCc2ccc3c(c2)OCO3)c(OC)c1. The van der Waals surface area contributed by atoms with Crippen molar-refractivity contribution < 1.29 is 28.5 Å². The highest BCUT2D eigenvalue weighted by Crippen LogP contribution is 2.40. The van der Waals surface area contributed by atoms with Gasteiger partial charge in [0.15, 0.2) is 11.5 Å². The van der Waals surface area contributed by atoms with Crippen molar-refractivity contribution in [3.63, 3.8) is 0 Å². The standard InChI is InChI=1S/C28H27ClN2O6/c1-34-20-7-8-21(25(12-20)35-2)22-14-31(28(33)18-4-3-5-19(29)11-18)15-23(22)27(32)30-13-17-6-9-24-26(10-17)37-16-36-24/h3-12,22-23H,13-16H2,1-2H3,(H,30,32)/t22-,23-/m1/s1. The zero-order valence-electron chi connectivity index (χ0n) is 20.5. The molecule has 0 unspecified atom stereocenters. The number of fused-ring (bicyclic) bond motifs is 1. The predicted octanol–water partition coefficient (Wildman–Crippen LogP) is 4.26. The van der Waals surface area contributed by atoms with E-state index in [0.29, 0.717) is 46.7 Å². The highest BCUT2D eigenvalue weighted by molar-refractivity contribution is 6.31. The number of hydrogen-bond donors (Lipinski definition) is 1. The number of carbonyl (C=O) groups is 2. The molecule has 8 nitrogen and oxygen atoms in total. The van der Waals surface area contributed by atoms with E-state index < -0.39 is 5.92 Å². The smallest absolute Gasteiger partial charge is 0.253 e. The molecule has 37 heavy (non-hydrogen) atoms. The zero-order valence-corrected chi connectivity index (χ0v) is 21.3. The zero-order chi connectivity index (χ0) is 25.9. The minimum atomic E-state index is -0.487. The monoisotopic (exact) mass is 522 g/mol. The van der Waals surface area contributed by atoms with Gasteiger partial charge in [-0.3, -0.25) is 9.59 Å². The number of ether oxygens (including phenoxy) is 4. The number of methoxy groups -OCH3 is 2. The molecule has 9 heteroatoms. The molecule has 0 aliphatic carbocycles. The average Bonchev–Trinajstić information content (AvgIpc) is 3.58. The summed E-state index contributed by atoms with van der Waals surface area (Å²) in [5.74, 6) is 1.51. The van der Waals surface area contributed by atoms with Gasteiger partial charge >= 0.3 is 0 Å². The number of likely N-dealkylation sites (tertiary alicyclic amines) is 1. The molecule has 3 aromatic rings. The van der Waals surface area contributed by atoms with Crippen molar-refractivity contribution >= 4 is 23.4 Å². The highest BCUT2D eigenvalue weighted by Gasteiger charge is 2.41. The van der Waals surface area contributed by atoms with Crippen LogP contribution in [0.1, 0.15) is 27.4 Å². The Morgan fingerprint density at radius 1 is 1.00 bits per heavy atom. The van der Waals surface area contributed by atoms with Gasteiger partial charge in [-0.2, -0.15) is 0 Å². The Bertz CT molecular complexity index is 1330. The van der Waals surface area contributed by atoms with E-state index in [9.17, 15) is 9.59 Å². The summed E-state index contributed by atoms with van der Waals surface area (Å²) in [6.45, 7) is 1.13. The molecular weight excluding hydrogens is 496 g/mol. The highest BCUT2D eigenvalue weighted by atomic mass is 35.5. The lowest BCUT2D eigenvalue weighted by Crippen LogP contribution is -2.35.